The van der Waals surface area contributed by atoms with Gasteiger partial charge in [-0.3, -0.25) is 4.79 Å². The first kappa shape index (κ1) is 20.4. The highest BCUT2D eigenvalue weighted by molar-refractivity contribution is 7.89. The van der Waals surface area contributed by atoms with Crippen molar-refractivity contribution < 1.29 is 23.1 Å². The number of carboxylic acids is 1. The van der Waals surface area contributed by atoms with Gasteiger partial charge in [-0.25, -0.2) is 17.5 Å². The van der Waals surface area contributed by atoms with Crippen LogP contribution < -0.4 is 5.32 Å². The van der Waals surface area contributed by atoms with Crippen LogP contribution in [0.25, 0.3) is 0 Å². The number of carbonyl (C=O) groups excluding carboxylic acids is 1. The number of hydrogen-bond donors (Lipinski definition) is 2. The molecule has 7 nitrogen and oxygen atoms in total. The Labute approximate surface area is 154 Å². The van der Waals surface area contributed by atoms with Crippen LogP contribution in [0.1, 0.15) is 42.5 Å². The molecule has 0 aliphatic carbocycles. The van der Waals surface area contributed by atoms with Gasteiger partial charge in [-0.1, -0.05) is 18.2 Å². The number of carboxylic acid groups (broad SMARTS) is 1. The largest absolute Gasteiger partial charge is 0.479 e. The molecular weight excluding hydrogens is 356 g/mol. The van der Waals surface area contributed by atoms with Crippen molar-refractivity contribution >= 4 is 21.9 Å². The molecule has 0 saturated carbocycles. The summed E-state index contributed by atoms with van der Waals surface area (Å²) in [6, 6.07) is 4.20. The van der Waals surface area contributed by atoms with Crippen molar-refractivity contribution in [1.29, 1.82) is 0 Å². The zero-order valence-electron chi connectivity index (χ0n) is 15.4. The van der Waals surface area contributed by atoms with E-state index < -0.39 is 22.0 Å². The highest BCUT2D eigenvalue weighted by Crippen LogP contribution is 2.23. The van der Waals surface area contributed by atoms with E-state index in [0.29, 0.717) is 18.4 Å². The van der Waals surface area contributed by atoms with Gasteiger partial charge in [-0.2, -0.15) is 0 Å². The highest BCUT2D eigenvalue weighted by Gasteiger charge is 2.32. The Morgan fingerprint density at radius 3 is 2.35 bits per heavy atom. The SMILES string of the molecule is CCS(=O)(=O)N1CCC(C(=O)NC(C(=O)O)c2ccc(C)c(C)c2)CC1. The van der Waals surface area contributed by atoms with Gasteiger partial charge in [-0.05, 0) is 50.3 Å². The molecule has 1 heterocycles. The number of nitrogens with one attached hydrogen (secondary N) is 1. The molecule has 1 aliphatic heterocycles. The maximum absolute atomic E-state index is 12.5. The van der Waals surface area contributed by atoms with Crippen LogP contribution in [0.3, 0.4) is 0 Å². The third-order valence-electron chi connectivity index (χ3n) is 4.98. The quantitative estimate of drug-likeness (QED) is 0.778. The zero-order valence-corrected chi connectivity index (χ0v) is 16.2. The number of piperidine rings is 1. The van der Waals surface area contributed by atoms with Gasteiger partial charge in [0.1, 0.15) is 0 Å². The molecule has 1 aromatic carbocycles. The first-order chi connectivity index (χ1) is 12.2. The number of amides is 1. The maximum atomic E-state index is 12.5. The fourth-order valence-electron chi connectivity index (χ4n) is 3.07. The molecule has 1 unspecified atom stereocenters. The predicted molar refractivity (Wildman–Crippen MR) is 98.2 cm³/mol. The summed E-state index contributed by atoms with van der Waals surface area (Å²) in [7, 11) is -3.25. The average Bonchev–Trinajstić information content (AvgIpc) is 2.61. The van der Waals surface area contributed by atoms with Crippen LogP contribution in [0.5, 0.6) is 0 Å². The number of benzene rings is 1. The van der Waals surface area contributed by atoms with Crippen LogP contribution in [0, 0.1) is 19.8 Å². The molecule has 0 bridgehead atoms. The van der Waals surface area contributed by atoms with E-state index in [0.717, 1.165) is 11.1 Å². The Morgan fingerprint density at radius 2 is 1.85 bits per heavy atom. The van der Waals surface area contributed by atoms with Crippen LogP contribution in [0.15, 0.2) is 18.2 Å². The minimum atomic E-state index is -3.25. The minimum Gasteiger partial charge on any atom is -0.479 e. The number of carbonyl (C=O) groups is 2. The van der Waals surface area contributed by atoms with Crippen LogP contribution >= 0.6 is 0 Å². The van der Waals surface area contributed by atoms with Crippen molar-refractivity contribution in [3.05, 3.63) is 34.9 Å². The summed E-state index contributed by atoms with van der Waals surface area (Å²) in [4.78, 5) is 24.2. The van der Waals surface area contributed by atoms with Gasteiger partial charge in [0.25, 0.3) is 0 Å². The first-order valence-corrected chi connectivity index (χ1v) is 10.3. The van der Waals surface area contributed by atoms with Crippen molar-refractivity contribution in [2.75, 3.05) is 18.8 Å². The lowest BCUT2D eigenvalue weighted by Gasteiger charge is -2.30. The Kier molecular flexibility index (Phi) is 6.41. The Morgan fingerprint density at radius 1 is 1.23 bits per heavy atom. The third-order valence-corrected chi connectivity index (χ3v) is 6.86. The number of sulfonamides is 1. The topological polar surface area (TPSA) is 104 Å². The summed E-state index contributed by atoms with van der Waals surface area (Å²) in [5, 5.41) is 12.1. The van der Waals surface area contributed by atoms with Crippen LogP contribution in [0.2, 0.25) is 0 Å². The number of rotatable bonds is 6. The molecule has 26 heavy (non-hydrogen) atoms. The van der Waals surface area contributed by atoms with Gasteiger partial charge in [0.05, 0.1) is 5.75 Å². The monoisotopic (exact) mass is 382 g/mol. The summed E-state index contributed by atoms with van der Waals surface area (Å²) in [6.07, 6.45) is 0.786. The number of aryl methyl sites for hydroxylation is 2. The molecule has 1 atom stereocenters. The minimum absolute atomic E-state index is 0.0394. The lowest BCUT2D eigenvalue weighted by Crippen LogP contribution is -2.45. The number of nitrogens with zero attached hydrogens (tertiary/aromatic N) is 1. The van der Waals surface area contributed by atoms with Crippen molar-refractivity contribution in [3.8, 4) is 0 Å². The molecule has 2 N–H and O–H groups in total. The molecule has 1 amide bonds. The standard InChI is InChI=1S/C18H26N2O5S/c1-4-26(24,25)20-9-7-14(8-10-20)17(21)19-16(18(22)23)15-6-5-12(2)13(3)11-15/h5-6,11,14,16H,4,7-10H2,1-3H3,(H,19,21)(H,22,23). The molecule has 2 rings (SSSR count). The van der Waals surface area contributed by atoms with Gasteiger partial charge >= 0.3 is 5.97 Å². The fraction of sp³-hybridized carbons (Fsp3) is 0.556. The molecule has 1 aromatic rings. The summed E-state index contributed by atoms with van der Waals surface area (Å²) in [5.41, 5.74) is 2.54. The maximum Gasteiger partial charge on any atom is 0.330 e. The van der Waals surface area contributed by atoms with E-state index in [2.05, 4.69) is 5.32 Å². The second-order valence-corrected chi connectivity index (χ2v) is 8.95. The summed E-state index contributed by atoms with van der Waals surface area (Å²) in [6.45, 7) is 6.00. The van der Waals surface area contributed by atoms with Gasteiger partial charge < -0.3 is 10.4 Å². The van der Waals surface area contributed by atoms with E-state index in [1.807, 2.05) is 19.9 Å². The average molecular weight is 382 g/mol. The van der Waals surface area contributed by atoms with Crippen molar-refractivity contribution in [3.63, 3.8) is 0 Å². The number of aliphatic carboxylic acids is 1. The van der Waals surface area contributed by atoms with E-state index in [4.69, 9.17) is 0 Å². The Hall–Kier alpha value is -1.93. The molecule has 0 radical (unpaired) electrons. The first-order valence-electron chi connectivity index (χ1n) is 8.74. The fourth-order valence-corrected chi connectivity index (χ4v) is 4.20. The summed E-state index contributed by atoms with van der Waals surface area (Å²) >= 11 is 0. The molecular formula is C18H26N2O5S. The van der Waals surface area contributed by atoms with Crippen molar-refractivity contribution in [2.45, 2.75) is 39.7 Å². The molecule has 1 saturated heterocycles. The molecule has 0 aromatic heterocycles. The molecule has 144 valence electrons. The van der Waals surface area contributed by atoms with Crippen LogP contribution in [-0.4, -0.2) is 48.5 Å². The van der Waals surface area contributed by atoms with Crippen molar-refractivity contribution in [2.24, 2.45) is 5.92 Å². The Bertz CT molecular complexity index is 783. The zero-order chi connectivity index (χ0) is 19.5. The lowest BCUT2D eigenvalue weighted by atomic mass is 9.95. The number of hydrogen-bond acceptors (Lipinski definition) is 4. The van der Waals surface area contributed by atoms with E-state index in [1.165, 1.54) is 4.31 Å². The van der Waals surface area contributed by atoms with E-state index in [9.17, 15) is 23.1 Å². The predicted octanol–water partition coefficient (Wildman–Crippen LogP) is 1.61. The molecule has 0 spiro atoms. The van der Waals surface area contributed by atoms with Gasteiger partial charge in [0.15, 0.2) is 6.04 Å². The van der Waals surface area contributed by atoms with E-state index >= 15 is 0 Å². The summed E-state index contributed by atoms with van der Waals surface area (Å²) < 4.78 is 25.2. The van der Waals surface area contributed by atoms with Gasteiger partial charge in [0.2, 0.25) is 15.9 Å². The van der Waals surface area contributed by atoms with Crippen LogP contribution in [-0.2, 0) is 19.6 Å². The van der Waals surface area contributed by atoms with Crippen molar-refractivity contribution in [1.82, 2.24) is 9.62 Å². The van der Waals surface area contributed by atoms with E-state index in [1.54, 1.807) is 19.1 Å². The lowest BCUT2D eigenvalue weighted by molar-refractivity contribution is -0.142. The molecule has 1 fully saturated rings. The van der Waals surface area contributed by atoms with Crippen LogP contribution in [0.4, 0.5) is 0 Å². The third kappa shape index (κ3) is 4.62. The Balaban J connectivity index is 2.05. The second kappa shape index (κ2) is 8.18. The smallest absolute Gasteiger partial charge is 0.330 e. The highest BCUT2D eigenvalue weighted by atomic mass is 32.2. The molecule has 1 aliphatic rings. The van der Waals surface area contributed by atoms with E-state index in [-0.39, 0.29) is 30.7 Å². The normalized spacial score (nSPS) is 17.7. The second-order valence-electron chi connectivity index (χ2n) is 6.70. The summed E-state index contributed by atoms with van der Waals surface area (Å²) in [5.74, 6) is -1.80. The van der Waals surface area contributed by atoms with Gasteiger partial charge in [0, 0.05) is 19.0 Å². The van der Waals surface area contributed by atoms with Gasteiger partial charge in [-0.15, -0.1) is 0 Å². The molecule has 8 heteroatoms.